The minimum Gasteiger partial charge on any atom is -0.404 e. The quantitative estimate of drug-likeness (QED) is 0.284. The molecule has 0 radical (unpaired) electrons. The van der Waals surface area contributed by atoms with Crippen molar-refractivity contribution in [2.24, 2.45) is 10.7 Å². The zero-order valence-corrected chi connectivity index (χ0v) is 20.0. The summed E-state index contributed by atoms with van der Waals surface area (Å²) in [5.74, 6) is -0.127. The van der Waals surface area contributed by atoms with Crippen molar-refractivity contribution in [2.45, 2.75) is 31.7 Å². The van der Waals surface area contributed by atoms with Gasteiger partial charge in [-0.1, -0.05) is 23.3 Å². The predicted octanol–water partition coefficient (Wildman–Crippen LogP) is 5.25. The van der Waals surface area contributed by atoms with Crippen LogP contribution in [0, 0.1) is 5.82 Å². The fraction of sp³-hybridized carbons (Fsp3) is 0.231. The summed E-state index contributed by atoms with van der Waals surface area (Å²) in [4.78, 5) is 17.3. The van der Waals surface area contributed by atoms with E-state index in [0.717, 1.165) is 53.5 Å². The number of allylic oxidation sites excluding steroid dienone is 3. The molecule has 1 aliphatic rings. The number of nitrogens with zero attached hydrogens (tertiary/aromatic N) is 5. The van der Waals surface area contributed by atoms with E-state index in [1.807, 2.05) is 18.3 Å². The second-order valence-corrected chi connectivity index (χ2v) is 9.03. The summed E-state index contributed by atoms with van der Waals surface area (Å²) in [7, 11) is 1.70. The van der Waals surface area contributed by atoms with Gasteiger partial charge >= 0.3 is 0 Å². The molecule has 3 heterocycles. The molecule has 5 rings (SSSR count). The Kier molecular flexibility index (Phi) is 6.21. The molecule has 9 heteroatoms. The summed E-state index contributed by atoms with van der Waals surface area (Å²) in [6.07, 6.45) is 12.6. The molecular weight excluding hydrogens is 465 g/mol. The highest BCUT2D eigenvalue weighted by atomic mass is 35.5. The number of rotatable bonds is 6. The highest BCUT2D eigenvalue weighted by Gasteiger charge is 2.21. The Balaban J connectivity index is 1.36. The number of fused-ring (bicyclic) bond motifs is 2. The van der Waals surface area contributed by atoms with E-state index in [0.29, 0.717) is 10.9 Å². The Hall–Kier alpha value is -3.78. The number of hydrogen-bond donors (Lipinski definition) is 2. The molecule has 0 bridgehead atoms. The van der Waals surface area contributed by atoms with Gasteiger partial charge in [-0.15, -0.1) is 0 Å². The van der Waals surface area contributed by atoms with Gasteiger partial charge in [-0.25, -0.2) is 19.3 Å². The van der Waals surface area contributed by atoms with Gasteiger partial charge in [0.2, 0.25) is 0 Å². The van der Waals surface area contributed by atoms with Gasteiger partial charge in [-0.3, -0.25) is 4.99 Å². The average Bonchev–Trinajstić information content (AvgIpc) is 3.49. The first-order valence-corrected chi connectivity index (χ1v) is 11.8. The van der Waals surface area contributed by atoms with Crippen molar-refractivity contribution in [3.05, 3.63) is 76.7 Å². The summed E-state index contributed by atoms with van der Waals surface area (Å²) < 4.78 is 16.8. The molecule has 4 aromatic rings. The van der Waals surface area contributed by atoms with Crippen LogP contribution in [0.5, 0.6) is 0 Å². The molecule has 7 nitrogen and oxygen atoms in total. The molecule has 3 aromatic heterocycles. The molecule has 0 fully saturated rings. The van der Waals surface area contributed by atoms with Crippen molar-refractivity contribution >= 4 is 51.1 Å². The Morgan fingerprint density at radius 2 is 2.11 bits per heavy atom. The SMILES string of the molecule is CN=CC(=CN)c1ncnc2c1ccn2C1C=C(CCc2cc(F)c3cc(Cl)c(N)nc3c2)CC1. The predicted molar refractivity (Wildman–Crippen MR) is 140 cm³/mol. The van der Waals surface area contributed by atoms with E-state index in [4.69, 9.17) is 23.1 Å². The molecule has 35 heavy (non-hydrogen) atoms. The summed E-state index contributed by atoms with van der Waals surface area (Å²) >= 11 is 6.00. The molecule has 0 saturated carbocycles. The van der Waals surface area contributed by atoms with Gasteiger partial charge in [0.05, 0.1) is 22.3 Å². The second kappa shape index (κ2) is 9.46. The minimum absolute atomic E-state index is 0.201. The Morgan fingerprint density at radius 3 is 2.91 bits per heavy atom. The van der Waals surface area contributed by atoms with Crippen molar-refractivity contribution in [3.63, 3.8) is 0 Å². The number of nitrogen functional groups attached to an aromatic ring is 1. The van der Waals surface area contributed by atoms with Crippen LogP contribution in [0.25, 0.3) is 27.5 Å². The molecule has 0 amide bonds. The lowest BCUT2D eigenvalue weighted by Gasteiger charge is -2.11. The summed E-state index contributed by atoms with van der Waals surface area (Å²) in [6.45, 7) is 0. The van der Waals surface area contributed by atoms with Crippen molar-refractivity contribution in [1.29, 1.82) is 0 Å². The van der Waals surface area contributed by atoms with E-state index in [-0.39, 0.29) is 22.7 Å². The van der Waals surface area contributed by atoms with Crippen LogP contribution in [0.2, 0.25) is 5.02 Å². The van der Waals surface area contributed by atoms with Crippen molar-refractivity contribution < 1.29 is 4.39 Å². The van der Waals surface area contributed by atoms with Gasteiger partial charge in [-0.05, 0) is 55.5 Å². The van der Waals surface area contributed by atoms with E-state index < -0.39 is 0 Å². The largest absolute Gasteiger partial charge is 0.404 e. The molecule has 0 aliphatic heterocycles. The number of aliphatic imine (C=N–C) groups is 1. The molecule has 0 spiro atoms. The van der Waals surface area contributed by atoms with Crippen LogP contribution >= 0.6 is 11.6 Å². The maximum atomic E-state index is 14.6. The molecule has 0 saturated heterocycles. The van der Waals surface area contributed by atoms with E-state index in [1.165, 1.54) is 17.8 Å². The normalized spacial score (nSPS) is 16.6. The zero-order valence-electron chi connectivity index (χ0n) is 19.2. The molecule has 1 atom stereocenters. The first-order chi connectivity index (χ1) is 17.0. The number of aromatic nitrogens is 4. The standard InChI is InChI=1S/C26H25ClFN7/c1-31-13-17(12-29)24-19-6-7-35(26(19)33-14-32-24)18-5-4-15(8-18)2-3-16-9-22(28)20-11-21(27)25(30)34-23(20)10-16/h6-14,18H,2-5,29H2,1H3,(H2,30,34). The number of benzene rings is 1. The number of halogens is 2. The number of hydrogen-bond acceptors (Lipinski definition) is 6. The summed E-state index contributed by atoms with van der Waals surface area (Å²) in [5.41, 5.74) is 16.7. The van der Waals surface area contributed by atoms with Crippen LogP contribution in [0.3, 0.4) is 0 Å². The van der Waals surface area contributed by atoms with Crippen molar-refractivity contribution in [3.8, 4) is 0 Å². The third kappa shape index (κ3) is 4.37. The maximum Gasteiger partial charge on any atom is 0.144 e. The lowest BCUT2D eigenvalue weighted by molar-refractivity contribution is 0.603. The molecule has 178 valence electrons. The first-order valence-electron chi connectivity index (χ1n) is 11.4. The number of aryl methyl sites for hydroxylation is 1. The third-order valence-corrected chi connectivity index (χ3v) is 6.74. The van der Waals surface area contributed by atoms with Gasteiger partial charge in [0.1, 0.15) is 23.6 Å². The van der Waals surface area contributed by atoms with Gasteiger partial charge in [-0.2, -0.15) is 0 Å². The van der Waals surface area contributed by atoms with Crippen LogP contribution in [0.1, 0.15) is 36.6 Å². The van der Waals surface area contributed by atoms with Crippen LogP contribution < -0.4 is 11.5 Å². The van der Waals surface area contributed by atoms with E-state index in [2.05, 4.69) is 30.6 Å². The Bertz CT molecular complexity index is 1520. The summed E-state index contributed by atoms with van der Waals surface area (Å²) in [5, 5.41) is 1.58. The molecular formula is C26H25ClFN7. The van der Waals surface area contributed by atoms with Crippen molar-refractivity contribution in [1.82, 2.24) is 19.5 Å². The highest BCUT2D eigenvalue weighted by Crippen LogP contribution is 2.34. The van der Waals surface area contributed by atoms with Crippen LogP contribution in [0.4, 0.5) is 10.2 Å². The number of nitrogens with two attached hydrogens (primary N) is 2. The number of anilines is 1. The molecule has 1 unspecified atom stereocenters. The van der Waals surface area contributed by atoms with E-state index in [1.54, 1.807) is 25.7 Å². The Labute approximate surface area is 207 Å². The van der Waals surface area contributed by atoms with Gasteiger partial charge in [0.15, 0.2) is 0 Å². The molecule has 1 aromatic carbocycles. The van der Waals surface area contributed by atoms with Gasteiger partial charge in [0.25, 0.3) is 0 Å². The van der Waals surface area contributed by atoms with E-state index >= 15 is 0 Å². The lowest BCUT2D eigenvalue weighted by Crippen LogP contribution is -2.04. The fourth-order valence-electron chi connectivity index (χ4n) is 4.72. The minimum atomic E-state index is -0.335. The van der Waals surface area contributed by atoms with E-state index in [9.17, 15) is 4.39 Å². The van der Waals surface area contributed by atoms with Crippen LogP contribution in [0.15, 0.2) is 59.6 Å². The van der Waals surface area contributed by atoms with Gasteiger partial charge in [0, 0.05) is 42.0 Å². The average molecular weight is 490 g/mol. The van der Waals surface area contributed by atoms with Crippen molar-refractivity contribution in [2.75, 3.05) is 12.8 Å². The zero-order chi connectivity index (χ0) is 24.5. The lowest BCUT2D eigenvalue weighted by atomic mass is 10.0. The maximum absolute atomic E-state index is 14.6. The van der Waals surface area contributed by atoms with Gasteiger partial charge < -0.3 is 16.0 Å². The smallest absolute Gasteiger partial charge is 0.144 e. The second-order valence-electron chi connectivity index (χ2n) is 8.62. The Morgan fingerprint density at radius 1 is 1.26 bits per heavy atom. The topological polar surface area (TPSA) is 108 Å². The third-order valence-electron chi connectivity index (χ3n) is 6.44. The summed E-state index contributed by atoms with van der Waals surface area (Å²) in [6, 6.07) is 7.20. The van der Waals surface area contributed by atoms with Crippen LogP contribution in [-0.4, -0.2) is 32.8 Å². The molecule has 1 aliphatic carbocycles. The monoisotopic (exact) mass is 489 g/mol. The highest BCUT2D eigenvalue weighted by molar-refractivity contribution is 6.33. The number of pyridine rings is 1. The fourth-order valence-corrected chi connectivity index (χ4v) is 4.87. The first kappa shape index (κ1) is 23.0. The van der Waals surface area contributed by atoms with Crippen LogP contribution in [-0.2, 0) is 6.42 Å². The molecule has 4 N–H and O–H groups in total.